The highest BCUT2D eigenvalue weighted by atomic mass is 16.2. The standard InChI is InChI=1S/C16H23N3O2/c1-3-16(13-8-6-12(2)7-9-13)14(20)19(15(21)18-16)11-5-4-10-17/h6-9H,3-5,10-11,17H2,1-2H3,(H,18,21). The van der Waals surface area contributed by atoms with Gasteiger partial charge >= 0.3 is 6.03 Å². The maximum atomic E-state index is 12.8. The molecule has 1 aliphatic heterocycles. The number of carbonyl (C=O) groups excluding carboxylic acids is 2. The van der Waals surface area contributed by atoms with E-state index in [0.717, 1.165) is 24.0 Å². The third-order valence-corrected chi connectivity index (χ3v) is 4.09. The first-order valence-corrected chi connectivity index (χ1v) is 7.46. The van der Waals surface area contributed by atoms with Crippen LogP contribution < -0.4 is 11.1 Å². The van der Waals surface area contributed by atoms with Crippen LogP contribution in [0.4, 0.5) is 4.79 Å². The van der Waals surface area contributed by atoms with Crippen molar-refractivity contribution in [2.75, 3.05) is 13.1 Å². The van der Waals surface area contributed by atoms with Gasteiger partial charge in [-0.1, -0.05) is 36.8 Å². The van der Waals surface area contributed by atoms with Crippen molar-refractivity contribution in [3.63, 3.8) is 0 Å². The fraction of sp³-hybridized carbons (Fsp3) is 0.500. The maximum absolute atomic E-state index is 12.8. The van der Waals surface area contributed by atoms with Crippen LogP contribution in [-0.2, 0) is 10.3 Å². The van der Waals surface area contributed by atoms with Gasteiger partial charge in [-0.15, -0.1) is 0 Å². The summed E-state index contributed by atoms with van der Waals surface area (Å²) in [7, 11) is 0. The summed E-state index contributed by atoms with van der Waals surface area (Å²) in [5.41, 5.74) is 6.51. The number of nitrogens with zero attached hydrogens (tertiary/aromatic N) is 1. The van der Waals surface area contributed by atoms with Crippen LogP contribution in [0.3, 0.4) is 0 Å². The third-order valence-electron chi connectivity index (χ3n) is 4.09. The Morgan fingerprint density at radius 2 is 1.86 bits per heavy atom. The lowest BCUT2D eigenvalue weighted by atomic mass is 9.86. The Labute approximate surface area is 125 Å². The molecule has 1 unspecified atom stereocenters. The van der Waals surface area contributed by atoms with Gasteiger partial charge in [0.15, 0.2) is 0 Å². The first-order chi connectivity index (χ1) is 10.0. The average Bonchev–Trinajstić information content (AvgIpc) is 2.73. The molecule has 1 aromatic carbocycles. The van der Waals surface area contributed by atoms with E-state index in [0.29, 0.717) is 19.5 Å². The molecule has 0 spiro atoms. The molecule has 1 saturated heterocycles. The molecular weight excluding hydrogens is 266 g/mol. The van der Waals surface area contributed by atoms with Gasteiger partial charge in [-0.2, -0.15) is 0 Å². The minimum atomic E-state index is -0.923. The van der Waals surface area contributed by atoms with Crippen molar-refractivity contribution in [1.82, 2.24) is 10.2 Å². The molecule has 0 saturated carbocycles. The summed E-state index contributed by atoms with van der Waals surface area (Å²) in [4.78, 5) is 26.2. The summed E-state index contributed by atoms with van der Waals surface area (Å²) in [6.07, 6.45) is 2.08. The van der Waals surface area contributed by atoms with Crippen LogP contribution in [0.25, 0.3) is 0 Å². The van der Waals surface area contributed by atoms with Gasteiger partial charge in [-0.05, 0) is 38.3 Å². The number of nitrogens with one attached hydrogen (secondary N) is 1. The van der Waals surface area contributed by atoms with Gasteiger partial charge in [0.2, 0.25) is 0 Å². The van der Waals surface area contributed by atoms with Crippen molar-refractivity contribution in [3.05, 3.63) is 35.4 Å². The van der Waals surface area contributed by atoms with Crippen LogP contribution >= 0.6 is 0 Å². The minimum Gasteiger partial charge on any atom is -0.330 e. The third kappa shape index (κ3) is 2.78. The molecule has 1 atom stereocenters. The number of urea groups is 1. The van der Waals surface area contributed by atoms with Gasteiger partial charge in [0, 0.05) is 6.54 Å². The SMILES string of the molecule is CCC1(c2ccc(C)cc2)NC(=O)N(CCCCN)C1=O. The Balaban J connectivity index is 2.26. The van der Waals surface area contributed by atoms with E-state index < -0.39 is 5.54 Å². The Bertz CT molecular complexity index is 527. The van der Waals surface area contributed by atoms with Gasteiger partial charge in [0.25, 0.3) is 5.91 Å². The van der Waals surface area contributed by atoms with E-state index in [1.165, 1.54) is 4.90 Å². The molecule has 114 valence electrons. The molecule has 0 aromatic heterocycles. The number of nitrogens with two attached hydrogens (primary N) is 1. The van der Waals surface area contributed by atoms with Gasteiger partial charge in [-0.3, -0.25) is 9.69 Å². The number of rotatable bonds is 6. The number of carbonyl (C=O) groups is 2. The monoisotopic (exact) mass is 289 g/mol. The Morgan fingerprint density at radius 1 is 1.19 bits per heavy atom. The van der Waals surface area contributed by atoms with Crippen molar-refractivity contribution in [1.29, 1.82) is 0 Å². The molecule has 1 heterocycles. The molecule has 5 heteroatoms. The van der Waals surface area contributed by atoms with E-state index in [1.807, 2.05) is 38.1 Å². The fourth-order valence-corrected chi connectivity index (χ4v) is 2.72. The molecular formula is C16H23N3O2. The van der Waals surface area contributed by atoms with Crippen molar-refractivity contribution in [2.45, 2.75) is 38.6 Å². The van der Waals surface area contributed by atoms with Gasteiger partial charge in [0.05, 0.1) is 0 Å². The number of unbranched alkanes of at least 4 members (excludes halogenated alkanes) is 1. The minimum absolute atomic E-state index is 0.157. The predicted octanol–water partition coefficient (Wildman–Crippen LogP) is 1.89. The van der Waals surface area contributed by atoms with Crippen molar-refractivity contribution in [3.8, 4) is 0 Å². The van der Waals surface area contributed by atoms with Gasteiger partial charge < -0.3 is 11.1 Å². The smallest absolute Gasteiger partial charge is 0.325 e. The highest BCUT2D eigenvalue weighted by molar-refractivity contribution is 6.07. The first kappa shape index (κ1) is 15.5. The lowest BCUT2D eigenvalue weighted by molar-refractivity contribution is -0.131. The number of aryl methyl sites for hydroxylation is 1. The van der Waals surface area contributed by atoms with Gasteiger partial charge in [0.1, 0.15) is 5.54 Å². The molecule has 0 bridgehead atoms. The average molecular weight is 289 g/mol. The zero-order chi connectivity index (χ0) is 15.5. The Kier molecular flexibility index (Phi) is 4.63. The number of imide groups is 1. The highest BCUT2D eigenvalue weighted by Gasteiger charge is 2.50. The van der Waals surface area contributed by atoms with Crippen LogP contribution in [0, 0.1) is 6.92 Å². The molecule has 3 amide bonds. The van der Waals surface area contributed by atoms with E-state index in [4.69, 9.17) is 5.73 Å². The van der Waals surface area contributed by atoms with Crippen LogP contribution in [-0.4, -0.2) is 29.9 Å². The van der Waals surface area contributed by atoms with E-state index in [9.17, 15) is 9.59 Å². The molecule has 1 aliphatic rings. The normalized spacial score (nSPS) is 21.8. The Morgan fingerprint density at radius 3 is 2.43 bits per heavy atom. The molecule has 3 N–H and O–H groups in total. The van der Waals surface area contributed by atoms with Crippen LogP contribution in [0.5, 0.6) is 0 Å². The topological polar surface area (TPSA) is 75.4 Å². The second-order valence-corrected chi connectivity index (χ2v) is 5.51. The zero-order valence-electron chi connectivity index (χ0n) is 12.7. The quantitative estimate of drug-likeness (QED) is 0.620. The van der Waals surface area contributed by atoms with Crippen LogP contribution in [0.2, 0.25) is 0 Å². The zero-order valence-corrected chi connectivity index (χ0v) is 12.7. The summed E-state index contributed by atoms with van der Waals surface area (Å²) in [5.74, 6) is -0.157. The Hall–Kier alpha value is -1.88. The lowest BCUT2D eigenvalue weighted by Gasteiger charge is -2.26. The maximum Gasteiger partial charge on any atom is 0.325 e. The number of hydrogen-bond donors (Lipinski definition) is 2. The summed E-state index contributed by atoms with van der Waals surface area (Å²) in [6, 6.07) is 7.45. The first-order valence-electron chi connectivity index (χ1n) is 7.46. The summed E-state index contributed by atoms with van der Waals surface area (Å²) >= 11 is 0. The predicted molar refractivity (Wildman–Crippen MR) is 81.7 cm³/mol. The van der Waals surface area contributed by atoms with E-state index in [1.54, 1.807) is 0 Å². The summed E-state index contributed by atoms with van der Waals surface area (Å²) in [6.45, 7) is 4.91. The summed E-state index contributed by atoms with van der Waals surface area (Å²) < 4.78 is 0. The largest absolute Gasteiger partial charge is 0.330 e. The molecule has 2 rings (SSSR count). The van der Waals surface area contributed by atoms with Crippen LogP contribution in [0.15, 0.2) is 24.3 Å². The van der Waals surface area contributed by atoms with Crippen molar-refractivity contribution >= 4 is 11.9 Å². The van der Waals surface area contributed by atoms with Gasteiger partial charge in [-0.25, -0.2) is 4.79 Å². The molecule has 21 heavy (non-hydrogen) atoms. The molecule has 0 radical (unpaired) electrons. The molecule has 1 aromatic rings. The van der Waals surface area contributed by atoms with E-state index in [-0.39, 0.29) is 11.9 Å². The number of amides is 3. The number of benzene rings is 1. The van der Waals surface area contributed by atoms with Crippen molar-refractivity contribution in [2.24, 2.45) is 5.73 Å². The summed E-state index contributed by atoms with van der Waals surface area (Å²) in [5, 5.41) is 2.89. The molecule has 1 fully saturated rings. The van der Waals surface area contributed by atoms with Crippen molar-refractivity contribution < 1.29 is 9.59 Å². The fourth-order valence-electron chi connectivity index (χ4n) is 2.72. The van der Waals surface area contributed by atoms with E-state index >= 15 is 0 Å². The number of hydrogen-bond acceptors (Lipinski definition) is 3. The molecule has 5 nitrogen and oxygen atoms in total. The van der Waals surface area contributed by atoms with Crippen LogP contribution in [0.1, 0.15) is 37.3 Å². The lowest BCUT2D eigenvalue weighted by Crippen LogP contribution is -2.43. The molecule has 0 aliphatic carbocycles. The van der Waals surface area contributed by atoms with E-state index in [2.05, 4.69) is 5.32 Å². The highest BCUT2D eigenvalue weighted by Crippen LogP contribution is 2.32. The second kappa shape index (κ2) is 6.26. The second-order valence-electron chi connectivity index (χ2n) is 5.51.